The van der Waals surface area contributed by atoms with Crippen molar-refractivity contribution in [3.63, 3.8) is 0 Å². The molecule has 0 saturated carbocycles. The van der Waals surface area contributed by atoms with Crippen LogP contribution in [-0.2, 0) is 4.79 Å². The highest BCUT2D eigenvalue weighted by Gasteiger charge is 2.17. The maximum absolute atomic E-state index is 10.9. The SMILES string of the molecule is CN1CNCN(C)C1=O.O=C1CCNNN1. The summed E-state index contributed by atoms with van der Waals surface area (Å²) >= 11 is 0. The minimum Gasteiger partial charge on any atom is -0.315 e. The number of nitrogens with zero attached hydrogens (tertiary/aromatic N) is 2. The molecule has 8 nitrogen and oxygen atoms in total. The van der Waals surface area contributed by atoms with Gasteiger partial charge in [-0.1, -0.05) is 0 Å². The van der Waals surface area contributed by atoms with Gasteiger partial charge in [-0.3, -0.25) is 15.5 Å². The highest BCUT2D eigenvalue weighted by molar-refractivity contribution is 5.76. The predicted molar refractivity (Wildman–Crippen MR) is 57.7 cm³/mol. The fourth-order valence-electron chi connectivity index (χ4n) is 1.23. The number of amides is 3. The van der Waals surface area contributed by atoms with Crippen LogP contribution in [-0.4, -0.2) is 55.7 Å². The van der Waals surface area contributed by atoms with Gasteiger partial charge in [0.2, 0.25) is 5.91 Å². The zero-order valence-electron chi connectivity index (χ0n) is 9.54. The van der Waals surface area contributed by atoms with Gasteiger partial charge in [0.05, 0.1) is 13.3 Å². The van der Waals surface area contributed by atoms with E-state index in [0.717, 1.165) is 0 Å². The Hall–Kier alpha value is -1.38. The normalized spacial score (nSPS) is 21.1. The molecular weight excluding hydrogens is 212 g/mol. The molecule has 2 rings (SSSR count). The van der Waals surface area contributed by atoms with Gasteiger partial charge in [0, 0.05) is 27.1 Å². The lowest BCUT2D eigenvalue weighted by molar-refractivity contribution is -0.123. The van der Waals surface area contributed by atoms with Gasteiger partial charge in [0.25, 0.3) is 0 Å². The van der Waals surface area contributed by atoms with Crippen molar-refractivity contribution in [1.82, 2.24) is 31.5 Å². The first-order chi connectivity index (χ1) is 7.61. The number of carbonyl (C=O) groups is 2. The Morgan fingerprint density at radius 3 is 2.06 bits per heavy atom. The van der Waals surface area contributed by atoms with Crippen LogP contribution in [0.2, 0.25) is 0 Å². The van der Waals surface area contributed by atoms with Crippen molar-refractivity contribution in [1.29, 1.82) is 0 Å². The molecule has 92 valence electrons. The largest absolute Gasteiger partial charge is 0.321 e. The molecule has 8 heteroatoms. The molecule has 0 bridgehead atoms. The average molecular weight is 230 g/mol. The number of rotatable bonds is 0. The Bertz CT molecular complexity index is 239. The van der Waals surface area contributed by atoms with E-state index in [1.54, 1.807) is 23.9 Å². The molecule has 2 saturated heterocycles. The molecule has 2 fully saturated rings. The summed E-state index contributed by atoms with van der Waals surface area (Å²) in [5.41, 5.74) is 7.60. The molecule has 0 aromatic rings. The zero-order chi connectivity index (χ0) is 12.0. The molecule has 2 aliphatic rings. The molecule has 0 atom stereocenters. The summed E-state index contributed by atoms with van der Waals surface area (Å²) in [7, 11) is 3.54. The molecule has 16 heavy (non-hydrogen) atoms. The summed E-state index contributed by atoms with van der Waals surface area (Å²) in [6, 6.07) is 0.0775. The lowest BCUT2D eigenvalue weighted by Gasteiger charge is -2.30. The lowest BCUT2D eigenvalue weighted by Crippen LogP contribution is -2.53. The first kappa shape index (κ1) is 12.7. The second-order valence-electron chi connectivity index (χ2n) is 3.59. The Morgan fingerprint density at radius 2 is 1.75 bits per heavy atom. The van der Waals surface area contributed by atoms with Crippen molar-refractivity contribution < 1.29 is 9.59 Å². The number of carbonyl (C=O) groups excluding carboxylic acids is 2. The van der Waals surface area contributed by atoms with Crippen LogP contribution in [0, 0.1) is 0 Å². The number of hydrogen-bond acceptors (Lipinski definition) is 5. The van der Waals surface area contributed by atoms with Crippen LogP contribution in [0.25, 0.3) is 0 Å². The third-order valence-electron chi connectivity index (χ3n) is 2.12. The Morgan fingerprint density at radius 1 is 1.12 bits per heavy atom. The third kappa shape index (κ3) is 4.01. The van der Waals surface area contributed by atoms with Gasteiger partial charge < -0.3 is 9.80 Å². The van der Waals surface area contributed by atoms with Crippen LogP contribution in [0.4, 0.5) is 4.79 Å². The van der Waals surface area contributed by atoms with Crippen LogP contribution in [0.1, 0.15) is 6.42 Å². The molecule has 3 amide bonds. The standard InChI is InChI=1S/C5H11N3O.C3H7N3O/c1-7-3-6-4-8(2)5(7)9;7-3-1-2-4-6-5-3/h6H,3-4H2,1-2H3;4,6H,1-2H2,(H,5,7). The van der Waals surface area contributed by atoms with Gasteiger partial charge in [0.1, 0.15) is 0 Å². The van der Waals surface area contributed by atoms with E-state index in [2.05, 4.69) is 21.7 Å². The second-order valence-corrected chi connectivity index (χ2v) is 3.59. The maximum atomic E-state index is 10.9. The highest BCUT2D eigenvalue weighted by atomic mass is 16.2. The molecule has 0 unspecified atom stereocenters. The zero-order valence-corrected chi connectivity index (χ0v) is 9.54. The van der Waals surface area contributed by atoms with Gasteiger partial charge >= 0.3 is 6.03 Å². The van der Waals surface area contributed by atoms with Gasteiger partial charge in [0.15, 0.2) is 0 Å². The molecule has 0 spiro atoms. The minimum atomic E-state index is 0.0405. The molecule has 0 aliphatic carbocycles. The number of hydrogen-bond donors (Lipinski definition) is 4. The molecule has 2 heterocycles. The topological polar surface area (TPSA) is 88.7 Å². The van der Waals surface area contributed by atoms with Crippen LogP contribution >= 0.6 is 0 Å². The molecule has 4 N–H and O–H groups in total. The number of urea groups is 1. The smallest absolute Gasteiger partial charge is 0.315 e. The monoisotopic (exact) mass is 230 g/mol. The molecule has 2 aliphatic heterocycles. The number of hydrazine groups is 2. The second kappa shape index (κ2) is 6.26. The first-order valence-corrected chi connectivity index (χ1v) is 5.05. The predicted octanol–water partition coefficient (Wildman–Crippen LogP) is -2.00. The van der Waals surface area contributed by atoms with E-state index in [4.69, 9.17) is 0 Å². The fraction of sp³-hybridized carbons (Fsp3) is 0.750. The van der Waals surface area contributed by atoms with Crippen molar-refractivity contribution in [2.24, 2.45) is 0 Å². The summed E-state index contributed by atoms with van der Waals surface area (Å²) in [5.74, 6) is 0.0405. The van der Waals surface area contributed by atoms with Crippen molar-refractivity contribution in [3.8, 4) is 0 Å². The van der Waals surface area contributed by atoms with Gasteiger partial charge in [-0.2, -0.15) is 5.53 Å². The first-order valence-electron chi connectivity index (χ1n) is 5.05. The van der Waals surface area contributed by atoms with E-state index in [0.29, 0.717) is 26.3 Å². The Balaban J connectivity index is 0.000000165. The summed E-state index contributed by atoms with van der Waals surface area (Å²) in [6.45, 7) is 2.03. The molecule has 0 radical (unpaired) electrons. The molecular formula is C8H18N6O2. The maximum Gasteiger partial charge on any atom is 0.321 e. The van der Waals surface area contributed by atoms with Crippen LogP contribution in [0.3, 0.4) is 0 Å². The van der Waals surface area contributed by atoms with E-state index in [9.17, 15) is 9.59 Å². The van der Waals surface area contributed by atoms with Gasteiger partial charge in [-0.25, -0.2) is 10.2 Å². The van der Waals surface area contributed by atoms with E-state index in [-0.39, 0.29) is 11.9 Å². The van der Waals surface area contributed by atoms with Crippen molar-refractivity contribution >= 4 is 11.9 Å². The fourth-order valence-corrected chi connectivity index (χ4v) is 1.23. The van der Waals surface area contributed by atoms with Crippen LogP contribution < -0.4 is 21.7 Å². The van der Waals surface area contributed by atoms with Crippen LogP contribution in [0.5, 0.6) is 0 Å². The van der Waals surface area contributed by atoms with Gasteiger partial charge in [-0.05, 0) is 0 Å². The third-order valence-corrected chi connectivity index (χ3v) is 2.12. The van der Waals surface area contributed by atoms with Crippen molar-refractivity contribution in [3.05, 3.63) is 0 Å². The Labute approximate surface area is 94.3 Å². The van der Waals surface area contributed by atoms with Crippen LogP contribution in [0.15, 0.2) is 0 Å². The number of nitrogens with one attached hydrogen (secondary N) is 4. The van der Waals surface area contributed by atoms with E-state index >= 15 is 0 Å². The molecule has 0 aromatic carbocycles. The van der Waals surface area contributed by atoms with E-state index < -0.39 is 0 Å². The van der Waals surface area contributed by atoms with E-state index in [1.165, 1.54) is 0 Å². The summed E-state index contributed by atoms with van der Waals surface area (Å²) < 4.78 is 0. The summed E-state index contributed by atoms with van der Waals surface area (Å²) in [4.78, 5) is 24.4. The summed E-state index contributed by atoms with van der Waals surface area (Å²) in [6.07, 6.45) is 0.562. The average Bonchev–Trinajstić information content (AvgIpc) is 2.28. The Kier molecular flexibility index (Phi) is 4.96. The highest BCUT2D eigenvalue weighted by Crippen LogP contribution is 1.94. The lowest BCUT2D eigenvalue weighted by atomic mass is 10.4. The van der Waals surface area contributed by atoms with E-state index in [1.807, 2.05) is 0 Å². The minimum absolute atomic E-state index is 0.0405. The molecule has 0 aromatic heterocycles. The van der Waals surface area contributed by atoms with Crippen molar-refractivity contribution in [2.45, 2.75) is 6.42 Å². The summed E-state index contributed by atoms with van der Waals surface area (Å²) in [5, 5.41) is 3.05. The van der Waals surface area contributed by atoms with Gasteiger partial charge in [-0.15, -0.1) is 0 Å². The van der Waals surface area contributed by atoms with Crippen molar-refractivity contribution in [2.75, 3.05) is 34.0 Å². The quantitative estimate of drug-likeness (QED) is 0.387.